The van der Waals surface area contributed by atoms with Gasteiger partial charge in [-0.15, -0.1) is 0 Å². The van der Waals surface area contributed by atoms with E-state index >= 15 is 0 Å². The van der Waals surface area contributed by atoms with Gasteiger partial charge in [-0.1, -0.05) is 18.2 Å². The number of allylic oxidation sites excluding steroid dienone is 1. The zero-order valence-corrected chi connectivity index (χ0v) is 7.19. The number of hydrogen-bond acceptors (Lipinski definition) is 2. The van der Waals surface area contributed by atoms with Gasteiger partial charge in [-0.2, -0.15) is 0 Å². The predicted octanol–water partition coefficient (Wildman–Crippen LogP) is 1.83. The highest BCUT2D eigenvalue weighted by Crippen LogP contribution is 2.29. The minimum Gasteiger partial charge on any atom is -0.492 e. The van der Waals surface area contributed by atoms with E-state index in [9.17, 15) is 4.79 Å². The SMILES string of the molecule is O=C/C=C/c1cccc2c1OCC2. The Morgan fingerprint density at radius 3 is 3.15 bits per heavy atom. The Morgan fingerprint density at radius 1 is 1.38 bits per heavy atom. The quantitative estimate of drug-likeness (QED) is 0.505. The summed E-state index contributed by atoms with van der Waals surface area (Å²) in [7, 11) is 0. The number of benzene rings is 1. The van der Waals surface area contributed by atoms with Crippen LogP contribution >= 0.6 is 0 Å². The van der Waals surface area contributed by atoms with Crippen molar-refractivity contribution in [3.63, 3.8) is 0 Å². The van der Waals surface area contributed by atoms with E-state index in [1.54, 1.807) is 6.08 Å². The van der Waals surface area contributed by atoms with Crippen LogP contribution in [-0.4, -0.2) is 12.9 Å². The first-order valence-electron chi connectivity index (χ1n) is 4.28. The van der Waals surface area contributed by atoms with Crippen molar-refractivity contribution in [2.45, 2.75) is 6.42 Å². The largest absolute Gasteiger partial charge is 0.492 e. The molecular weight excluding hydrogens is 164 g/mol. The molecule has 13 heavy (non-hydrogen) atoms. The molecule has 0 aliphatic carbocycles. The summed E-state index contributed by atoms with van der Waals surface area (Å²) in [4.78, 5) is 10.2. The van der Waals surface area contributed by atoms with E-state index in [0.29, 0.717) is 0 Å². The number of hydrogen-bond donors (Lipinski definition) is 0. The van der Waals surface area contributed by atoms with E-state index in [-0.39, 0.29) is 0 Å². The molecule has 0 N–H and O–H groups in total. The summed E-state index contributed by atoms with van der Waals surface area (Å²) in [6, 6.07) is 5.99. The summed E-state index contributed by atoms with van der Waals surface area (Å²) in [6.07, 6.45) is 5.00. The van der Waals surface area contributed by atoms with Gasteiger partial charge < -0.3 is 4.74 Å². The fourth-order valence-corrected chi connectivity index (χ4v) is 1.51. The lowest BCUT2D eigenvalue weighted by Gasteiger charge is -2.02. The first-order valence-corrected chi connectivity index (χ1v) is 4.28. The third-order valence-corrected chi connectivity index (χ3v) is 2.10. The number of carbonyl (C=O) groups is 1. The fraction of sp³-hybridized carbons (Fsp3) is 0.182. The van der Waals surface area contributed by atoms with E-state index < -0.39 is 0 Å². The van der Waals surface area contributed by atoms with Crippen LogP contribution in [0.15, 0.2) is 24.3 Å². The molecule has 1 heterocycles. The monoisotopic (exact) mass is 174 g/mol. The van der Waals surface area contributed by atoms with Gasteiger partial charge in [0.25, 0.3) is 0 Å². The Balaban J connectivity index is 2.41. The van der Waals surface area contributed by atoms with Crippen LogP contribution in [0.25, 0.3) is 6.08 Å². The summed E-state index contributed by atoms with van der Waals surface area (Å²) >= 11 is 0. The van der Waals surface area contributed by atoms with Crippen LogP contribution in [0.4, 0.5) is 0 Å². The molecule has 1 aliphatic rings. The average Bonchev–Trinajstić information content (AvgIpc) is 2.62. The van der Waals surface area contributed by atoms with Crippen molar-refractivity contribution in [3.8, 4) is 5.75 Å². The molecule has 0 saturated heterocycles. The van der Waals surface area contributed by atoms with Crippen molar-refractivity contribution < 1.29 is 9.53 Å². The van der Waals surface area contributed by atoms with Crippen LogP contribution < -0.4 is 4.74 Å². The van der Waals surface area contributed by atoms with Crippen molar-refractivity contribution in [1.82, 2.24) is 0 Å². The number of rotatable bonds is 2. The second-order valence-electron chi connectivity index (χ2n) is 2.93. The zero-order chi connectivity index (χ0) is 9.10. The van der Waals surface area contributed by atoms with Crippen LogP contribution in [0.5, 0.6) is 5.75 Å². The lowest BCUT2D eigenvalue weighted by molar-refractivity contribution is -0.104. The number of aldehydes is 1. The molecular formula is C11H10O2. The molecule has 0 saturated carbocycles. The first-order chi connectivity index (χ1) is 6.42. The molecule has 66 valence electrons. The molecule has 0 amide bonds. The Morgan fingerprint density at radius 2 is 2.31 bits per heavy atom. The summed E-state index contributed by atoms with van der Waals surface area (Å²) in [5.41, 5.74) is 2.22. The highest BCUT2D eigenvalue weighted by Gasteiger charge is 2.13. The highest BCUT2D eigenvalue weighted by molar-refractivity contribution is 5.76. The fourth-order valence-electron chi connectivity index (χ4n) is 1.51. The Bertz CT molecular complexity index is 353. The maximum Gasteiger partial charge on any atom is 0.142 e. The minimum atomic E-state index is 0.751. The van der Waals surface area contributed by atoms with Gasteiger partial charge in [-0.3, -0.25) is 4.79 Å². The van der Waals surface area contributed by atoms with Crippen molar-refractivity contribution in [1.29, 1.82) is 0 Å². The third-order valence-electron chi connectivity index (χ3n) is 2.10. The van der Waals surface area contributed by atoms with E-state index in [4.69, 9.17) is 4.74 Å². The molecule has 0 unspecified atom stereocenters. The third kappa shape index (κ3) is 1.47. The van der Waals surface area contributed by atoms with E-state index in [0.717, 1.165) is 30.6 Å². The van der Waals surface area contributed by atoms with Gasteiger partial charge in [-0.25, -0.2) is 0 Å². The molecule has 0 atom stereocenters. The molecule has 0 radical (unpaired) electrons. The molecule has 0 aromatic heterocycles. The van der Waals surface area contributed by atoms with E-state index in [1.807, 2.05) is 12.1 Å². The molecule has 2 nitrogen and oxygen atoms in total. The maximum atomic E-state index is 10.2. The lowest BCUT2D eigenvalue weighted by atomic mass is 10.1. The standard InChI is InChI=1S/C11H10O2/c12-7-2-5-9-3-1-4-10-6-8-13-11(9)10/h1-5,7H,6,8H2/b5-2+. The second kappa shape index (κ2) is 3.44. The van der Waals surface area contributed by atoms with Gasteiger partial charge >= 0.3 is 0 Å². The molecule has 0 bridgehead atoms. The van der Waals surface area contributed by atoms with E-state index in [2.05, 4.69) is 6.07 Å². The Hall–Kier alpha value is -1.57. The van der Waals surface area contributed by atoms with Gasteiger partial charge in [0, 0.05) is 12.0 Å². The van der Waals surface area contributed by atoms with Gasteiger partial charge in [0.1, 0.15) is 12.0 Å². The molecule has 0 spiro atoms. The number of carbonyl (C=O) groups excluding carboxylic acids is 1. The van der Waals surface area contributed by atoms with Gasteiger partial charge in [0.05, 0.1) is 6.61 Å². The minimum absolute atomic E-state index is 0.751. The van der Waals surface area contributed by atoms with Crippen LogP contribution in [0.2, 0.25) is 0 Å². The Kier molecular flexibility index (Phi) is 2.13. The molecule has 1 aromatic rings. The van der Waals surface area contributed by atoms with Crippen LogP contribution in [0, 0.1) is 0 Å². The van der Waals surface area contributed by atoms with Gasteiger partial charge in [-0.05, 0) is 17.7 Å². The van der Waals surface area contributed by atoms with Gasteiger partial charge in [0.15, 0.2) is 0 Å². The second-order valence-corrected chi connectivity index (χ2v) is 2.93. The summed E-state index contributed by atoms with van der Waals surface area (Å²) in [5.74, 6) is 0.931. The summed E-state index contributed by atoms with van der Waals surface area (Å²) in [5, 5.41) is 0. The lowest BCUT2D eigenvalue weighted by Crippen LogP contribution is -1.87. The summed E-state index contributed by atoms with van der Waals surface area (Å²) < 4.78 is 5.46. The van der Waals surface area contributed by atoms with E-state index in [1.165, 1.54) is 11.6 Å². The van der Waals surface area contributed by atoms with Crippen LogP contribution in [0.3, 0.4) is 0 Å². The zero-order valence-electron chi connectivity index (χ0n) is 7.19. The number of para-hydroxylation sites is 1. The Labute approximate surface area is 76.8 Å². The molecule has 2 rings (SSSR count). The van der Waals surface area contributed by atoms with Crippen LogP contribution in [-0.2, 0) is 11.2 Å². The average molecular weight is 174 g/mol. The topological polar surface area (TPSA) is 26.3 Å². The smallest absolute Gasteiger partial charge is 0.142 e. The van der Waals surface area contributed by atoms with Crippen molar-refractivity contribution in [3.05, 3.63) is 35.4 Å². The molecule has 2 heteroatoms. The van der Waals surface area contributed by atoms with Crippen molar-refractivity contribution in [2.75, 3.05) is 6.61 Å². The molecule has 1 aliphatic heterocycles. The normalized spacial score (nSPS) is 14.2. The molecule has 0 fully saturated rings. The first kappa shape index (κ1) is 8.05. The maximum absolute atomic E-state index is 10.2. The summed E-state index contributed by atoms with van der Waals surface area (Å²) in [6.45, 7) is 0.751. The number of ether oxygens (including phenoxy) is 1. The van der Waals surface area contributed by atoms with Gasteiger partial charge in [0.2, 0.25) is 0 Å². The highest BCUT2D eigenvalue weighted by atomic mass is 16.5. The van der Waals surface area contributed by atoms with Crippen molar-refractivity contribution >= 4 is 12.4 Å². The predicted molar refractivity (Wildman–Crippen MR) is 50.7 cm³/mol. The molecule has 1 aromatic carbocycles. The van der Waals surface area contributed by atoms with Crippen molar-refractivity contribution in [2.24, 2.45) is 0 Å². The number of fused-ring (bicyclic) bond motifs is 1. The van der Waals surface area contributed by atoms with Crippen LogP contribution in [0.1, 0.15) is 11.1 Å².